The lowest BCUT2D eigenvalue weighted by molar-refractivity contribution is -0.147. The molecule has 0 aliphatic carbocycles. The smallest absolute Gasteiger partial charge is 0.309 e. The van der Waals surface area contributed by atoms with Crippen LogP contribution >= 0.6 is 0 Å². The van der Waals surface area contributed by atoms with Crippen LogP contribution in [0.25, 0.3) is 10.9 Å². The van der Waals surface area contributed by atoms with Gasteiger partial charge in [0.05, 0.1) is 11.4 Å². The third-order valence-corrected chi connectivity index (χ3v) is 3.63. The van der Waals surface area contributed by atoms with Gasteiger partial charge in [-0.2, -0.15) is 0 Å². The fourth-order valence-electron chi connectivity index (χ4n) is 2.62. The molecule has 4 nitrogen and oxygen atoms in total. The number of carboxylic acid groups (broad SMARTS) is 1. The molecule has 0 atom stereocenters. The number of likely N-dealkylation sites (tertiary alicyclic amines) is 1. The van der Waals surface area contributed by atoms with Gasteiger partial charge in [-0.05, 0) is 24.6 Å². The maximum atomic E-state index is 10.8. The average Bonchev–Trinajstić information content (AvgIpc) is 2.32. The standard InChI is InChI=1S/C15H16N2O2/c1-10-6-11(7-17-8-12(9-17)15(18)19)13-4-2-3-5-14(13)16-10/h2-6,12H,7-9H2,1H3,(H,18,19). The molecule has 0 spiro atoms. The average molecular weight is 256 g/mol. The third-order valence-electron chi connectivity index (χ3n) is 3.63. The number of fused-ring (bicyclic) bond motifs is 1. The number of carbonyl (C=O) groups is 1. The van der Waals surface area contributed by atoms with E-state index in [1.165, 1.54) is 5.56 Å². The molecule has 3 rings (SSSR count). The fraction of sp³-hybridized carbons (Fsp3) is 0.333. The van der Waals surface area contributed by atoms with Crippen LogP contribution in [0.3, 0.4) is 0 Å². The van der Waals surface area contributed by atoms with Gasteiger partial charge in [0, 0.05) is 30.7 Å². The molecule has 19 heavy (non-hydrogen) atoms. The number of nitrogens with zero attached hydrogens (tertiary/aromatic N) is 2. The Bertz CT molecular complexity index is 633. The Morgan fingerprint density at radius 3 is 2.89 bits per heavy atom. The first kappa shape index (κ1) is 12.1. The number of aryl methyl sites for hydroxylation is 1. The Hall–Kier alpha value is -1.94. The Morgan fingerprint density at radius 1 is 1.42 bits per heavy atom. The molecule has 0 bridgehead atoms. The van der Waals surface area contributed by atoms with Crippen LogP contribution in [0.2, 0.25) is 0 Å². The van der Waals surface area contributed by atoms with Crippen molar-refractivity contribution in [1.29, 1.82) is 0 Å². The van der Waals surface area contributed by atoms with Crippen molar-refractivity contribution in [3.8, 4) is 0 Å². The summed E-state index contributed by atoms with van der Waals surface area (Å²) in [5, 5.41) is 10.1. The first-order valence-corrected chi connectivity index (χ1v) is 6.44. The quantitative estimate of drug-likeness (QED) is 0.913. The van der Waals surface area contributed by atoms with Crippen molar-refractivity contribution < 1.29 is 9.90 Å². The van der Waals surface area contributed by atoms with E-state index < -0.39 is 5.97 Å². The highest BCUT2D eigenvalue weighted by Gasteiger charge is 2.32. The minimum absolute atomic E-state index is 0.200. The Kier molecular flexibility index (Phi) is 2.95. The summed E-state index contributed by atoms with van der Waals surface area (Å²) >= 11 is 0. The molecule has 1 aromatic carbocycles. The van der Waals surface area contributed by atoms with E-state index >= 15 is 0 Å². The van der Waals surface area contributed by atoms with Gasteiger partial charge in [-0.15, -0.1) is 0 Å². The fourth-order valence-corrected chi connectivity index (χ4v) is 2.62. The van der Waals surface area contributed by atoms with E-state index in [-0.39, 0.29) is 5.92 Å². The summed E-state index contributed by atoms with van der Waals surface area (Å²) in [4.78, 5) is 17.5. The van der Waals surface area contributed by atoms with Gasteiger partial charge in [0.1, 0.15) is 0 Å². The SMILES string of the molecule is Cc1cc(CN2CC(C(=O)O)C2)c2ccccc2n1. The van der Waals surface area contributed by atoms with Crippen LogP contribution < -0.4 is 0 Å². The lowest BCUT2D eigenvalue weighted by Crippen LogP contribution is -2.49. The topological polar surface area (TPSA) is 53.4 Å². The second-order valence-corrected chi connectivity index (χ2v) is 5.17. The van der Waals surface area contributed by atoms with Crippen molar-refractivity contribution in [3.63, 3.8) is 0 Å². The maximum absolute atomic E-state index is 10.8. The van der Waals surface area contributed by atoms with Gasteiger partial charge in [0.2, 0.25) is 0 Å². The summed E-state index contributed by atoms with van der Waals surface area (Å²) in [6.07, 6.45) is 0. The van der Waals surface area contributed by atoms with Crippen molar-refractivity contribution in [2.45, 2.75) is 13.5 Å². The van der Waals surface area contributed by atoms with Crippen LogP contribution in [0.1, 0.15) is 11.3 Å². The molecular formula is C15H16N2O2. The van der Waals surface area contributed by atoms with Crippen molar-refractivity contribution >= 4 is 16.9 Å². The molecule has 1 aliphatic heterocycles. The van der Waals surface area contributed by atoms with Crippen LogP contribution in [0.15, 0.2) is 30.3 Å². The van der Waals surface area contributed by atoms with E-state index in [1.807, 2.05) is 25.1 Å². The molecule has 0 unspecified atom stereocenters. The molecule has 98 valence electrons. The number of aliphatic carboxylic acids is 1. The molecule has 2 aromatic rings. The van der Waals surface area contributed by atoms with Crippen molar-refractivity contribution in [3.05, 3.63) is 41.6 Å². The van der Waals surface area contributed by atoms with E-state index in [9.17, 15) is 4.79 Å². The highest BCUT2D eigenvalue weighted by molar-refractivity contribution is 5.82. The van der Waals surface area contributed by atoms with E-state index in [0.717, 1.165) is 23.1 Å². The normalized spacial score (nSPS) is 16.5. The summed E-state index contributed by atoms with van der Waals surface area (Å²) < 4.78 is 0. The zero-order valence-electron chi connectivity index (χ0n) is 10.8. The van der Waals surface area contributed by atoms with Gasteiger partial charge in [-0.3, -0.25) is 14.7 Å². The molecule has 2 heterocycles. The predicted molar refractivity (Wildman–Crippen MR) is 72.9 cm³/mol. The van der Waals surface area contributed by atoms with Gasteiger partial charge >= 0.3 is 5.97 Å². The lowest BCUT2D eigenvalue weighted by Gasteiger charge is -2.36. The molecule has 0 amide bonds. The summed E-state index contributed by atoms with van der Waals surface area (Å²) in [7, 11) is 0. The van der Waals surface area contributed by atoms with Crippen molar-refractivity contribution in [1.82, 2.24) is 9.88 Å². The van der Waals surface area contributed by atoms with E-state index in [0.29, 0.717) is 13.1 Å². The van der Waals surface area contributed by atoms with Gasteiger partial charge in [-0.25, -0.2) is 0 Å². The molecule has 0 saturated carbocycles. The summed E-state index contributed by atoms with van der Waals surface area (Å²) in [6.45, 7) is 4.08. The molecule has 4 heteroatoms. The van der Waals surface area contributed by atoms with E-state index in [2.05, 4.69) is 22.0 Å². The van der Waals surface area contributed by atoms with Gasteiger partial charge < -0.3 is 5.11 Å². The molecular weight excluding hydrogens is 240 g/mol. The van der Waals surface area contributed by atoms with Crippen LogP contribution in [0.5, 0.6) is 0 Å². The van der Waals surface area contributed by atoms with Gasteiger partial charge in [-0.1, -0.05) is 18.2 Å². The highest BCUT2D eigenvalue weighted by Crippen LogP contribution is 2.24. The van der Waals surface area contributed by atoms with Crippen LogP contribution in [-0.4, -0.2) is 34.0 Å². The minimum Gasteiger partial charge on any atom is -0.481 e. The molecule has 0 radical (unpaired) electrons. The number of aromatic nitrogens is 1. The van der Waals surface area contributed by atoms with Crippen LogP contribution in [0, 0.1) is 12.8 Å². The number of pyridine rings is 1. The highest BCUT2D eigenvalue weighted by atomic mass is 16.4. The number of hydrogen-bond acceptors (Lipinski definition) is 3. The Balaban J connectivity index is 1.83. The number of benzene rings is 1. The Morgan fingerprint density at radius 2 is 2.16 bits per heavy atom. The van der Waals surface area contributed by atoms with E-state index in [1.54, 1.807) is 0 Å². The zero-order valence-corrected chi connectivity index (χ0v) is 10.8. The first-order valence-electron chi connectivity index (χ1n) is 6.44. The van der Waals surface area contributed by atoms with Gasteiger partial charge in [0.25, 0.3) is 0 Å². The summed E-state index contributed by atoms with van der Waals surface area (Å²) in [6, 6.07) is 10.2. The molecule has 1 saturated heterocycles. The first-order chi connectivity index (χ1) is 9.13. The number of rotatable bonds is 3. The summed E-state index contributed by atoms with van der Waals surface area (Å²) in [5.41, 5.74) is 3.24. The summed E-state index contributed by atoms with van der Waals surface area (Å²) in [5.74, 6) is -0.888. The minimum atomic E-state index is -0.688. The number of para-hydroxylation sites is 1. The largest absolute Gasteiger partial charge is 0.481 e. The number of carboxylic acids is 1. The second kappa shape index (κ2) is 4.63. The van der Waals surface area contributed by atoms with Crippen LogP contribution in [0.4, 0.5) is 0 Å². The molecule has 1 aromatic heterocycles. The lowest BCUT2D eigenvalue weighted by atomic mass is 9.98. The molecule has 1 aliphatic rings. The van der Waals surface area contributed by atoms with Crippen molar-refractivity contribution in [2.75, 3.05) is 13.1 Å². The van der Waals surface area contributed by atoms with E-state index in [4.69, 9.17) is 5.11 Å². The monoisotopic (exact) mass is 256 g/mol. The van der Waals surface area contributed by atoms with Crippen LogP contribution in [-0.2, 0) is 11.3 Å². The predicted octanol–water partition coefficient (Wildman–Crippen LogP) is 2.06. The molecule has 1 fully saturated rings. The maximum Gasteiger partial charge on any atom is 0.309 e. The second-order valence-electron chi connectivity index (χ2n) is 5.17. The van der Waals surface area contributed by atoms with Crippen molar-refractivity contribution in [2.24, 2.45) is 5.92 Å². The zero-order chi connectivity index (χ0) is 13.4. The Labute approximate surface area is 111 Å². The van der Waals surface area contributed by atoms with Gasteiger partial charge in [0.15, 0.2) is 0 Å². The number of hydrogen-bond donors (Lipinski definition) is 1. The third kappa shape index (κ3) is 2.31. The molecule has 1 N–H and O–H groups in total.